The van der Waals surface area contributed by atoms with Crippen molar-refractivity contribution in [2.75, 3.05) is 19.6 Å². The van der Waals surface area contributed by atoms with E-state index in [2.05, 4.69) is 0 Å². The van der Waals surface area contributed by atoms with Crippen LogP contribution in [-0.4, -0.2) is 63.5 Å². The first-order chi connectivity index (χ1) is 7.92. The monoisotopic (exact) mass is 246 g/mol. The predicted octanol–water partition coefficient (Wildman–Crippen LogP) is 0.0192. The van der Waals surface area contributed by atoms with Gasteiger partial charge in [0, 0.05) is 32.1 Å². The van der Waals surface area contributed by atoms with Gasteiger partial charge in [0.2, 0.25) is 0 Å². The van der Waals surface area contributed by atoms with Crippen LogP contribution < -0.4 is 0 Å². The van der Waals surface area contributed by atoms with Gasteiger partial charge in [-0.3, -0.25) is 4.79 Å². The molecule has 0 aromatic carbocycles. The van der Waals surface area contributed by atoms with Crippen LogP contribution in [-0.2, 0) is 4.79 Å². The maximum absolute atomic E-state index is 13.3. The molecule has 0 spiro atoms. The van der Waals surface area contributed by atoms with E-state index in [0.29, 0.717) is 25.9 Å². The zero-order valence-electron chi connectivity index (χ0n) is 9.30. The minimum atomic E-state index is -2.73. The highest BCUT2D eigenvalue weighted by molar-refractivity contribution is 5.85. The largest absolute Gasteiger partial charge is 0.465 e. The topological polar surface area (TPSA) is 81.1 Å². The molecule has 0 radical (unpaired) electrons. The number of nitrogens with zero attached hydrogens (tertiary/aromatic N) is 2. The number of carbonyl (C=O) groups excluding carboxylic acids is 1. The van der Waals surface area contributed by atoms with Gasteiger partial charge in [0.1, 0.15) is 0 Å². The number of piperidine rings is 1. The zero-order chi connectivity index (χ0) is 12.6. The van der Waals surface area contributed by atoms with Crippen LogP contribution in [0.5, 0.6) is 0 Å². The van der Waals surface area contributed by atoms with Gasteiger partial charge < -0.3 is 20.0 Å². The summed E-state index contributed by atoms with van der Waals surface area (Å²) in [5.74, 6) is -3.62. The van der Waals surface area contributed by atoms with Crippen molar-refractivity contribution in [1.29, 1.82) is 0 Å². The van der Waals surface area contributed by atoms with Crippen LogP contribution in [0, 0.1) is 0 Å². The van der Waals surface area contributed by atoms with Gasteiger partial charge >= 0.3 is 6.09 Å². The number of halogens is 1. The van der Waals surface area contributed by atoms with Gasteiger partial charge in [-0.1, -0.05) is 0 Å². The average molecular weight is 246 g/mol. The van der Waals surface area contributed by atoms with E-state index in [0.717, 1.165) is 0 Å². The van der Waals surface area contributed by atoms with E-state index in [4.69, 9.17) is 10.2 Å². The van der Waals surface area contributed by atoms with Gasteiger partial charge in [-0.05, 0) is 12.8 Å². The molecule has 0 aromatic rings. The fourth-order valence-corrected chi connectivity index (χ4v) is 2.41. The molecule has 6 nitrogen and oxygen atoms in total. The van der Waals surface area contributed by atoms with E-state index in [1.807, 2.05) is 0 Å². The number of likely N-dealkylation sites (tertiary alicyclic amines) is 2. The Labute approximate surface area is 97.6 Å². The maximum Gasteiger partial charge on any atom is 0.407 e. The zero-order valence-corrected chi connectivity index (χ0v) is 9.30. The summed E-state index contributed by atoms with van der Waals surface area (Å²) in [6, 6.07) is -0.164. The van der Waals surface area contributed by atoms with E-state index in [1.54, 1.807) is 0 Å². The SMILES string of the molecule is O=C(O)N1CCC(N2CC[C@](O)(F)C2=O)CC1. The standard InChI is InChI=1S/C10H15FN2O4/c11-10(17)3-6-13(8(10)14)7-1-4-12(5-2-7)9(15)16/h7,17H,1-6H2,(H,15,16)/t10-/m1/s1. The molecule has 1 atom stereocenters. The molecule has 0 aliphatic carbocycles. The average Bonchev–Trinajstić information content (AvgIpc) is 2.55. The van der Waals surface area contributed by atoms with Crippen LogP contribution in [0.3, 0.4) is 0 Å². The van der Waals surface area contributed by atoms with Crippen molar-refractivity contribution in [3.63, 3.8) is 0 Å². The first-order valence-corrected chi connectivity index (χ1v) is 5.62. The first-order valence-electron chi connectivity index (χ1n) is 5.62. The van der Waals surface area contributed by atoms with Crippen molar-refractivity contribution < 1.29 is 24.2 Å². The number of rotatable bonds is 1. The third-order valence-corrected chi connectivity index (χ3v) is 3.45. The molecular formula is C10H15FN2O4. The van der Waals surface area contributed by atoms with Gasteiger partial charge in [-0.25, -0.2) is 9.18 Å². The first kappa shape index (κ1) is 12.1. The highest BCUT2D eigenvalue weighted by Gasteiger charge is 2.48. The summed E-state index contributed by atoms with van der Waals surface area (Å²) in [6.45, 7) is 0.882. The van der Waals surface area contributed by atoms with Crippen molar-refractivity contribution in [3.05, 3.63) is 0 Å². The molecule has 2 N–H and O–H groups in total. The molecule has 2 aliphatic rings. The Hall–Kier alpha value is -1.37. The van der Waals surface area contributed by atoms with Crippen molar-refractivity contribution in [1.82, 2.24) is 9.80 Å². The smallest absolute Gasteiger partial charge is 0.407 e. The maximum atomic E-state index is 13.3. The van der Waals surface area contributed by atoms with Crippen molar-refractivity contribution in [2.24, 2.45) is 0 Å². The summed E-state index contributed by atoms with van der Waals surface area (Å²) >= 11 is 0. The Bertz CT molecular complexity index is 339. The van der Waals surface area contributed by atoms with Gasteiger partial charge in [0.05, 0.1) is 0 Å². The molecule has 0 unspecified atom stereocenters. The van der Waals surface area contributed by atoms with E-state index >= 15 is 0 Å². The normalized spacial score (nSPS) is 31.1. The molecule has 2 fully saturated rings. The van der Waals surface area contributed by atoms with E-state index in [9.17, 15) is 14.0 Å². The highest BCUT2D eigenvalue weighted by atomic mass is 19.2. The van der Waals surface area contributed by atoms with Crippen LogP contribution in [0.25, 0.3) is 0 Å². The Morgan fingerprint density at radius 1 is 1.35 bits per heavy atom. The van der Waals surface area contributed by atoms with Gasteiger partial charge in [0.15, 0.2) is 0 Å². The fraction of sp³-hybridized carbons (Fsp3) is 0.800. The third kappa shape index (κ3) is 2.19. The third-order valence-electron chi connectivity index (χ3n) is 3.45. The number of alkyl halides is 1. The second kappa shape index (κ2) is 4.14. The lowest BCUT2D eigenvalue weighted by Gasteiger charge is -2.35. The highest BCUT2D eigenvalue weighted by Crippen LogP contribution is 2.29. The van der Waals surface area contributed by atoms with Gasteiger partial charge in [-0.2, -0.15) is 0 Å². The molecule has 0 saturated carbocycles. The summed E-state index contributed by atoms with van der Waals surface area (Å²) in [4.78, 5) is 24.8. The molecule has 2 rings (SSSR count). The molecule has 2 heterocycles. The quantitative estimate of drug-likeness (QED) is 0.683. The molecule has 0 aromatic heterocycles. The lowest BCUT2D eigenvalue weighted by atomic mass is 10.0. The number of hydrogen-bond donors (Lipinski definition) is 2. The van der Waals surface area contributed by atoms with Crippen LogP contribution >= 0.6 is 0 Å². The number of aliphatic hydroxyl groups is 1. The van der Waals surface area contributed by atoms with E-state index in [1.165, 1.54) is 9.80 Å². The van der Waals surface area contributed by atoms with Crippen molar-refractivity contribution in [2.45, 2.75) is 31.2 Å². The van der Waals surface area contributed by atoms with Crippen molar-refractivity contribution >= 4 is 12.0 Å². The minimum Gasteiger partial charge on any atom is -0.465 e. The Morgan fingerprint density at radius 2 is 1.94 bits per heavy atom. The number of carboxylic acid groups (broad SMARTS) is 1. The van der Waals surface area contributed by atoms with E-state index in [-0.39, 0.29) is 19.0 Å². The lowest BCUT2D eigenvalue weighted by molar-refractivity contribution is -0.162. The van der Waals surface area contributed by atoms with Crippen LogP contribution in [0.2, 0.25) is 0 Å². The molecule has 2 aliphatic heterocycles. The van der Waals surface area contributed by atoms with Gasteiger partial charge in [-0.15, -0.1) is 0 Å². The summed E-state index contributed by atoms with van der Waals surface area (Å²) in [5, 5.41) is 17.9. The molecule has 2 amide bonds. The minimum absolute atomic E-state index is 0.164. The Morgan fingerprint density at radius 3 is 2.35 bits per heavy atom. The fourth-order valence-electron chi connectivity index (χ4n) is 2.41. The Balaban J connectivity index is 1.94. The second-order valence-electron chi connectivity index (χ2n) is 4.51. The van der Waals surface area contributed by atoms with Crippen LogP contribution in [0.15, 0.2) is 0 Å². The summed E-state index contributed by atoms with van der Waals surface area (Å²) in [6.07, 6.45) is -0.189. The number of carbonyl (C=O) groups is 2. The number of hydrogen-bond acceptors (Lipinski definition) is 3. The summed E-state index contributed by atoms with van der Waals surface area (Å²) in [7, 11) is 0. The summed E-state index contributed by atoms with van der Waals surface area (Å²) in [5.41, 5.74) is 0. The van der Waals surface area contributed by atoms with E-state index < -0.39 is 17.9 Å². The molecule has 17 heavy (non-hydrogen) atoms. The number of amides is 2. The lowest BCUT2D eigenvalue weighted by Crippen LogP contribution is -2.48. The molecule has 7 heteroatoms. The second-order valence-corrected chi connectivity index (χ2v) is 4.51. The predicted molar refractivity (Wildman–Crippen MR) is 55.0 cm³/mol. The molecular weight excluding hydrogens is 231 g/mol. The molecule has 2 saturated heterocycles. The molecule has 96 valence electrons. The summed E-state index contributed by atoms with van der Waals surface area (Å²) < 4.78 is 13.3. The van der Waals surface area contributed by atoms with Gasteiger partial charge in [0.25, 0.3) is 11.8 Å². The van der Waals surface area contributed by atoms with Crippen molar-refractivity contribution in [3.8, 4) is 0 Å². The Kier molecular flexibility index (Phi) is 2.94. The van der Waals surface area contributed by atoms with Crippen LogP contribution in [0.4, 0.5) is 9.18 Å². The van der Waals surface area contributed by atoms with Crippen LogP contribution in [0.1, 0.15) is 19.3 Å². The molecule has 0 bridgehead atoms.